The fourth-order valence-corrected chi connectivity index (χ4v) is 4.99. The largest absolute Gasteiger partial charge is 0.384 e. The molecule has 2 N–H and O–H groups in total. The molecule has 2 heterocycles. The van der Waals surface area contributed by atoms with E-state index in [-0.39, 0.29) is 16.4 Å². The average molecular weight is 433 g/mol. The number of carbonyl (C=O) groups is 1. The molecule has 31 heavy (non-hydrogen) atoms. The van der Waals surface area contributed by atoms with E-state index in [2.05, 4.69) is 31.0 Å². The van der Waals surface area contributed by atoms with Gasteiger partial charge in [-0.2, -0.15) is 5.26 Å². The Kier molecular flexibility index (Phi) is 5.15. The Morgan fingerprint density at radius 1 is 1.26 bits per heavy atom. The summed E-state index contributed by atoms with van der Waals surface area (Å²) in [6.45, 7) is 8.18. The summed E-state index contributed by atoms with van der Waals surface area (Å²) in [7, 11) is 0. The third kappa shape index (κ3) is 3.51. The van der Waals surface area contributed by atoms with Gasteiger partial charge in [-0.25, -0.2) is 4.98 Å². The van der Waals surface area contributed by atoms with Gasteiger partial charge >= 0.3 is 0 Å². The fraction of sp³-hybridized carbons (Fsp3) is 0.320. The standard InChI is InChI=1S/C25H25ClN4O/c1-14-7-8-16(15(2)10-14)21-17(13-27)24(28)30(18-6-5-9-29-23(18)26)19-11-25(3,4)12-20(31)22(19)21/h5-10,21H,11-12,28H2,1-4H3. The number of ketones is 1. The van der Waals surface area contributed by atoms with Gasteiger partial charge in [0, 0.05) is 23.9 Å². The third-order valence-electron chi connectivity index (χ3n) is 6.10. The number of nitrogens with two attached hydrogens (primary N) is 1. The summed E-state index contributed by atoms with van der Waals surface area (Å²) in [6, 6.07) is 12.0. The summed E-state index contributed by atoms with van der Waals surface area (Å²) >= 11 is 6.43. The van der Waals surface area contributed by atoms with E-state index in [9.17, 15) is 10.1 Å². The van der Waals surface area contributed by atoms with E-state index in [1.807, 2.05) is 32.0 Å². The minimum atomic E-state index is -0.490. The van der Waals surface area contributed by atoms with E-state index in [0.717, 1.165) is 22.4 Å². The van der Waals surface area contributed by atoms with Gasteiger partial charge in [0.25, 0.3) is 0 Å². The monoisotopic (exact) mass is 432 g/mol. The minimum Gasteiger partial charge on any atom is -0.384 e. The first kappa shape index (κ1) is 21.1. The van der Waals surface area contributed by atoms with E-state index >= 15 is 0 Å². The number of anilines is 1. The van der Waals surface area contributed by atoms with Gasteiger partial charge in [0.15, 0.2) is 10.9 Å². The van der Waals surface area contributed by atoms with E-state index in [4.69, 9.17) is 17.3 Å². The SMILES string of the molecule is Cc1ccc(C2C(C#N)=C(N)N(c3cccnc3Cl)C3=C2C(=O)CC(C)(C)C3)c(C)c1. The quantitative estimate of drug-likeness (QED) is 0.651. The number of Topliss-reactive ketones (excluding diaryl/α,β-unsaturated/α-hetero) is 1. The van der Waals surface area contributed by atoms with E-state index in [0.29, 0.717) is 35.5 Å². The number of nitriles is 1. The lowest BCUT2D eigenvalue weighted by Crippen LogP contribution is -2.42. The van der Waals surface area contributed by atoms with Crippen LogP contribution in [0.1, 0.15) is 49.3 Å². The molecule has 0 spiro atoms. The molecule has 1 aromatic carbocycles. The number of halogens is 1. The highest BCUT2D eigenvalue weighted by Gasteiger charge is 2.45. The van der Waals surface area contributed by atoms with Crippen LogP contribution in [0, 0.1) is 30.6 Å². The van der Waals surface area contributed by atoms with Crippen molar-refractivity contribution in [3.05, 3.63) is 81.0 Å². The summed E-state index contributed by atoms with van der Waals surface area (Å²) in [5, 5.41) is 10.4. The zero-order valence-corrected chi connectivity index (χ0v) is 18.9. The Labute approximate surface area is 187 Å². The van der Waals surface area contributed by atoms with E-state index < -0.39 is 5.92 Å². The zero-order valence-electron chi connectivity index (χ0n) is 18.2. The van der Waals surface area contributed by atoms with Crippen molar-refractivity contribution in [1.82, 2.24) is 4.98 Å². The number of nitrogens with zero attached hydrogens (tertiary/aromatic N) is 3. The lowest BCUT2D eigenvalue weighted by Gasteiger charge is -2.44. The number of benzene rings is 1. The number of hydrogen-bond donors (Lipinski definition) is 1. The molecule has 0 bridgehead atoms. The number of allylic oxidation sites excluding steroid dienone is 3. The summed E-state index contributed by atoms with van der Waals surface area (Å²) in [5.74, 6) is -0.149. The predicted molar refractivity (Wildman–Crippen MR) is 122 cm³/mol. The van der Waals surface area contributed by atoms with Crippen LogP contribution in [-0.2, 0) is 4.79 Å². The lowest BCUT2D eigenvalue weighted by atomic mass is 9.68. The normalized spacial score (nSPS) is 20.6. The second kappa shape index (κ2) is 7.55. The smallest absolute Gasteiger partial charge is 0.162 e. The van der Waals surface area contributed by atoms with Crippen molar-refractivity contribution in [3.63, 3.8) is 0 Å². The molecule has 0 amide bonds. The van der Waals surface area contributed by atoms with Gasteiger partial charge in [-0.1, -0.05) is 49.2 Å². The van der Waals surface area contributed by atoms with Gasteiger partial charge < -0.3 is 5.73 Å². The second-order valence-electron chi connectivity index (χ2n) is 9.15. The number of pyridine rings is 1. The maximum atomic E-state index is 13.5. The van der Waals surface area contributed by atoms with Crippen LogP contribution in [0.25, 0.3) is 0 Å². The topological polar surface area (TPSA) is 83.0 Å². The molecule has 0 saturated heterocycles. The van der Waals surface area contributed by atoms with Gasteiger partial charge in [-0.15, -0.1) is 0 Å². The summed E-state index contributed by atoms with van der Waals surface area (Å²) in [6.07, 6.45) is 2.66. The first-order valence-electron chi connectivity index (χ1n) is 10.3. The molecule has 1 atom stereocenters. The predicted octanol–water partition coefficient (Wildman–Crippen LogP) is 5.29. The lowest BCUT2D eigenvalue weighted by molar-refractivity contribution is -0.118. The molecule has 4 rings (SSSR count). The van der Waals surface area contributed by atoms with Crippen molar-refractivity contribution in [2.24, 2.45) is 11.1 Å². The molecule has 0 radical (unpaired) electrons. The highest BCUT2D eigenvalue weighted by atomic mass is 35.5. The Bertz CT molecular complexity index is 1200. The molecular formula is C25H25ClN4O. The summed E-state index contributed by atoms with van der Waals surface area (Å²) < 4.78 is 0. The Morgan fingerprint density at radius 2 is 2.00 bits per heavy atom. The van der Waals surface area contributed by atoms with Gasteiger partial charge in [-0.3, -0.25) is 9.69 Å². The molecule has 1 aliphatic heterocycles. The van der Waals surface area contributed by atoms with Crippen molar-refractivity contribution in [3.8, 4) is 6.07 Å². The van der Waals surface area contributed by atoms with Crippen molar-refractivity contribution < 1.29 is 4.79 Å². The van der Waals surface area contributed by atoms with Crippen LogP contribution in [0.15, 0.2) is 59.2 Å². The molecule has 1 aromatic heterocycles. The molecule has 2 aromatic rings. The minimum absolute atomic E-state index is 0.0430. The van der Waals surface area contributed by atoms with Crippen LogP contribution >= 0.6 is 11.6 Å². The van der Waals surface area contributed by atoms with Crippen LogP contribution in [0.3, 0.4) is 0 Å². The molecule has 2 aliphatic rings. The van der Waals surface area contributed by atoms with E-state index in [1.165, 1.54) is 0 Å². The number of aromatic nitrogens is 1. The van der Waals surface area contributed by atoms with Crippen LogP contribution in [0.2, 0.25) is 5.15 Å². The van der Waals surface area contributed by atoms with Crippen LogP contribution in [-0.4, -0.2) is 10.8 Å². The van der Waals surface area contributed by atoms with Crippen LogP contribution < -0.4 is 10.6 Å². The molecule has 1 aliphatic carbocycles. The number of rotatable bonds is 2. The van der Waals surface area contributed by atoms with Crippen molar-refractivity contribution in [2.75, 3.05) is 4.90 Å². The molecule has 1 unspecified atom stereocenters. The molecule has 6 heteroatoms. The van der Waals surface area contributed by atoms with Crippen molar-refractivity contribution in [1.29, 1.82) is 5.26 Å². The first-order valence-corrected chi connectivity index (χ1v) is 10.7. The van der Waals surface area contributed by atoms with Gasteiger partial charge in [0.1, 0.15) is 5.82 Å². The van der Waals surface area contributed by atoms with Crippen LogP contribution in [0.5, 0.6) is 0 Å². The fourth-order valence-electron chi connectivity index (χ4n) is 4.79. The number of hydrogen-bond acceptors (Lipinski definition) is 5. The maximum absolute atomic E-state index is 13.5. The van der Waals surface area contributed by atoms with Crippen molar-refractivity contribution in [2.45, 2.75) is 46.5 Å². The van der Waals surface area contributed by atoms with Gasteiger partial charge in [-0.05, 0) is 48.9 Å². The second-order valence-corrected chi connectivity index (χ2v) is 9.51. The number of aryl methyl sites for hydroxylation is 2. The summed E-state index contributed by atoms with van der Waals surface area (Å²) in [4.78, 5) is 19.5. The molecule has 5 nitrogen and oxygen atoms in total. The van der Waals surface area contributed by atoms with Crippen LogP contribution in [0.4, 0.5) is 5.69 Å². The Hall–Kier alpha value is -3.10. The molecular weight excluding hydrogens is 408 g/mol. The summed E-state index contributed by atoms with van der Waals surface area (Å²) in [5.41, 5.74) is 11.9. The molecule has 0 saturated carbocycles. The average Bonchev–Trinajstić information content (AvgIpc) is 2.67. The van der Waals surface area contributed by atoms with E-state index in [1.54, 1.807) is 17.2 Å². The highest BCUT2D eigenvalue weighted by Crippen LogP contribution is 2.51. The molecule has 0 fully saturated rings. The first-order chi connectivity index (χ1) is 14.6. The Morgan fingerprint density at radius 3 is 2.65 bits per heavy atom. The van der Waals surface area contributed by atoms with Crippen molar-refractivity contribution >= 4 is 23.1 Å². The maximum Gasteiger partial charge on any atom is 0.162 e. The third-order valence-corrected chi connectivity index (χ3v) is 6.39. The van der Waals surface area contributed by atoms with Gasteiger partial charge in [0.05, 0.1) is 23.2 Å². The Balaban J connectivity index is 2.04. The molecule has 158 valence electrons. The zero-order chi connectivity index (χ0) is 22.5. The van der Waals surface area contributed by atoms with Gasteiger partial charge in [0.2, 0.25) is 0 Å². The highest BCUT2D eigenvalue weighted by molar-refractivity contribution is 6.32. The number of carbonyl (C=O) groups excluding carboxylic acids is 1.